The van der Waals surface area contributed by atoms with Gasteiger partial charge in [-0.2, -0.15) is 18.4 Å². The summed E-state index contributed by atoms with van der Waals surface area (Å²) in [6.07, 6.45) is -2.77. The molecular weight excluding hydrogens is 561 g/mol. The van der Waals surface area contributed by atoms with Gasteiger partial charge in [0.2, 0.25) is 0 Å². The lowest BCUT2D eigenvalue weighted by atomic mass is 9.84. The van der Waals surface area contributed by atoms with Gasteiger partial charge in [-0.15, -0.1) is 0 Å². The van der Waals surface area contributed by atoms with Gasteiger partial charge in [0, 0.05) is 31.4 Å². The molecule has 0 aliphatic carbocycles. The Morgan fingerprint density at radius 1 is 1.09 bits per heavy atom. The van der Waals surface area contributed by atoms with Crippen LogP contribution in [0.15, 0.2) is 59.8 Å². The van der Waals surface area contributed by atoms with Crippen LogP contribution in [0, 0.1) is 11.3 Å². The molecule has 0 saturated carbocycles. The minimum Gasteiger partial charge on any atom is -0.444 e. The lowest BCUT2D eigenvalue weighted by Gasteiger charge is -2.42. The van der Waals surface area contributed by atoms with Gasteiger partial charge in [0.1, 0.15) is 5.60 Å². The lowest BCUT2D eigenvalue weighted by molar-refractivity contribution is -0.137. The number of ether oxygens (including phenoxy) is 1. The van der Waals surface area contributed by atoms with Gasteiger partial charge >= 0.3 is 18.3 Å². The number of Topliss-reactive ketones (excluding diaryl/α,β-unsaturated/α-hetero) is 1. The summed E-state index contributed by atoms with van der Waals surface area (Å²) in [6.45, 7) is 8.86. The predicted octanol–water partition coefficient (Wildman–Crippen LogP) is 7.08. The molecule has 11 heteroatoms. The average molecular weight is 595 g/mol. The maximum Gasteiger partial charge on any atom is 0.416 e. The van der Waals surface area contributed by atoms with Crippen LogP contribution in [0.25, 0.3) is 5.57 Å². The van der Waals surface area contributed by atoms with Crippen LogP contribution in [0.3, 0.4) is 0 Å². The number of halogens is 3. The van der Waals surface area contributed by atoms with E-state index in [9.17, 15) is 32.8 Å². The SMILES string of the molecule is CC(=O)C1=C(C)N(c2cccc(C(F)(F)F)c2)C(=O)N(C)C1c1ccc(C#N)cc1C1=CCN(C(=O)OC(C)(C)C)CC1. The van der Waals surface area contributed by atoms with Crippen molar-refractivity contribution in [2.24, 2.45) is 0 Å². The van der Waals surface area contributed by atoms with E-state index in [0.717, 1.165) is 22.6 Å². The maximum atomic E-state index is 13.8. The Bertz CT molecular complexity index is 1580. The molecule has 8 nitrogen and oxygen atoms in total. The Balaban J connectivity index is 1.81. The molecule has 2 aliphatic rings. The molecule has 2 aromatic rings. The number of hydrogen-bond acceptors (Lipinski definition) is 5. The molecule has 43 heavy (non-hydrogen) atoms. The van der Waals surface area contributed by atoms with Gasteiger partial charge in [-0.25, -0.2) is 9.59 Å². The number of hydrogen-bond donors (Lipinski definition) is 0. The van der Waals surface area contributed by atoms with Gasteiger partial charge in [-0.3, -0.25) is 9.69 Å². The largest absolute Gasteiger partial charge is 0.444 e. The van der Waals surface area contributed by atoms with Gasteiger partial charge < -0.3 is 14.5 Å². The van der Waals surface area contributed by atoms with E-state index in [-0.39, 0.29) is 29.3 Å². The van der Waals surface area contributed by atoms with E-state index in [1.165, 1.54) is 37.9 Å². The number of carbonyl (C=O) groups is 3. The molecule has 0 saturated heterocycles. The van der Waals surface area contributed by atoms with Crippen LogP contribution < -0.4 is 4.90 Å². The van der Waals surface area contributed by atoms with E-state index < -0.39 is 35.5 Å². The van der Waals surface area contributed by atoms with E-state index in [0.29, 0.717) is 29.7 Å². The minimum atomic E-state index is -4.62. The number of amides is 3. The highest BCUT2D eigenvalue weighted by Crippen LogP contribution is 2.43. The van der Waals surface area contributed by atoms with Crippen LogP contribution in [0.4, 0.5) is 28.4 Å². The Hall–Kier alpha value is -4.59. The second-order valence-corrected chi connectivity index (χ2v) is 11.6. The summed E-state index contributed by atoms with van der Waals surface area (Å²) in [5.74, 6) is -0.358. The first-order valence-electron chi connectivity index (χ1n) is 13.7. The van der Waals surface area contributed by atoms with Crippen LogP contribution >= 0.6 is 0 Å². The summed E-state index contributed by atoms with van der Waals surface area (Å²) in [5, 5.41) is 9.65. The van der Waals surface area contributed by atoms with Crippen molar-refractivity contribution in [3.05, 3.63) is 82.1 Å². The zero-order valence-corrected chi connectivity index (χ0v) is 24.9. The third kappa shape index (κ3) is 6.43. The molecule has 0 N–H and O–H groups in total. The van der Waals surface area contributed by atoms with Crippen molar-refractivity contribution in [3.63, 3.8) is 0 Å². The second-order valence-electron chi connectivity index (χ2n) is 11.6. The smallest absolute Gasteiger partial charge is 0.416 e. The first-order chi connectivity index (χ1) is 20.0. The Morgan fingerprint density at radius 2 is 1.79 bits per heavy atom. The Morgan fingerprint density at radius 3 is 2.35 bits per heavy atom. The lowest BCUT2D eigenvalue weighted by Crippen LogP contribution is -2.49. The van der Waals surface area contributed by atoms with Crippen LogP contribution in [0.1, 0.15) is 69.3 Å². The standard InChI is InChI=1S/C32H33F3N4O4/c1-19-27(20(2)40)28(37(6)29(41)39(19)24-9-7-8-23(17-24)32(33,34)35)25-11-10-21(18-36)16-26(25)22-12-14-38(15-13-22)30(42)43-31(3,4)5/h7-12,16-17,28H,13-15H2,1-6H3. The minimum absolute atomic E-state index is 0.0151. The Kier molecular flexibility index (Phi) is 8.45. The van der Waals surface area contributed by atoms with Crippen molar-refractivity contribution >= 4 is 29.2 Å². The number of urea groups is 1. The third-order valence-corrected chi connectivity index (χ3v) is 7.37. The normalized spacial score (nSPS) is 18.0. The van der Waals surface area contributed by atoms with Gasteiger partial charge in [0.25, 0.3) is 0 Å². The fraction of sp³-hybridized carbons (Fsp3) is 0.375. The van der Waals surface area contributed by atoms with Gasteiger partial charge in [-0.1, -0.05) is 18.2 Å². The van der Waals surface area contributed by atoms with Crippen molar-refractivity contribution < 1.29 is 32.3 Å². The predicted molar refractivity (Wildman–Crippen MR) is 155 cm³/mol. The first-order valence-corrected chi connectivity index (χ1v) is 13.7. The van der Waals surface area contributed by atoms with Crippen LogP contribution in [-0.2, 0) is 15.7 Å². The van der Waals surface area contributed by atoms with Crippen LogP contribution in [0.2, 0.25) is 0 Å². The van der Waals surface area contributed by atoms with Crippen molar-refractivity contribution in [1.29, 1.82) is 5.26 Å². The number of carbonyl (C=O) groups excluding carboxylic acids is 3. The molecule has 2 aromatic carbocycles. The number of alkyl halides is 3. The molecule has 226 valence electrons. The average Bonchev–Trinajstić information content (AvgIpc) is 2.93. The van der Waals surface area contributed by atoms with Gasteiger partial charge in [0.15, 0.2) is 5.78 Å². The highest BCUT2D eigenvalue weighted by atomic mass is 19.4. The number of allylic oxidation sites excluding steroid dienone is 1. The van der Waals surface area contributed by atoms with Crippen molar-refractivity contribution in [2.45, 2.75) is 58.9 Å². The quantitative estimate of drug-likeness (QED) is 0.377. The van der Waals surface area contributed by atoms with E-state index in [2.05, 4.69) is 6.07 Å². The van der Waals surface area contributed by atoms with E-state index >= 15 is 0 Å². The molecule has 0 spiro atoms. The van der Waals surface area contributed by atoms with Crippen molar-refractivity contribution in [1.82, 2.24) is 9.80 Å². The molecule has 1 atom stereocenters. The molecule has 0 fully saturated rings. The highest BCUT2D eigenvalue weighted by Gasteiger charge is 2.41. The third-order valence-electron chi connectivity index (χ3n) is 7.37. The number of nitrogens with zero attached hydrogens (tertiary/aromatic N) is 4. The molecule has 2 aliphatic heterocycles. The second kappa shape index (κ2) is 11.6. The number of likely N-dealkylation sites (N-methyl/N-ethyl adjacent to an activating group) is 1. The highest BCUT2D eigenvalue weighted by molar-refractivity contribution is 6.05. The molecule has 1 unspecified atom stereocenters. The van der Waals surface area contributed by atoms with Crippen LogP contribution in [-0.4, -0.2) is 53.4 Å². The van der Waals surface area contributed by atoms with E-state index in [1.54, 1.807) is 43.9 Å². The zero-order valence-electron chi connectivity index (χ0n) is 24.9. The Labute approximate surface area is 248 Å². The monoisotopic (exact) mass is 594 g/mol. The summed E-state index contributed by atoms with van der Waals surface area (Å²) in [4.78, 5) is 43.6. The van der Waals surface area contributed by atoms with E-state index in [1.807, 2.05) is 6.08 Å². The van der Waals surface area contributed by atoms with Crippen LogP contribution in [0.5, 0.6) is 0 Å². The topological polar surface area (TPSA) is 94.0 Å². The first kappa shape index (κ1) is 31.3. The fourth-order valence-corrected chi connectivity index (χ4v) is 5.41. The maximum absolute atomic E-state index is 13.8. The summed E-state index contributed by atoms with van der Waals surface area (Å²) >= 11 is 0. The fourth-order valence-electron chi connectivity index (χ4n) is 5.41. The number of nitriles is 1. The number of ketones is 1. The van der Waals surface area contributed by atoms with Gasteiger partial charge in [0.05, 0.1) is 28.9 Å². The van der Waals surface area contributed by atoms with Gasteiger partial charge in [-0.05, 0) is 88.1 Å². The molecular formula is C32H33F3N4O4. The number of rotatable bonds is 4. The summed E-state index contributed by atoms with van der Waals surface area (Å²) in [6, 6.07) is 10.0. The molecule has 3 amide bonds. The number of anilines is 1. The molecule has 0 bridgehead atoms. The summed E-state index contributed by atoms with van der Waals surface area (Å²) in [5.41, 5.74) is 1.29. The zero-order chi connectivity index (χ0) is 31.9. The van der Waals surface area contributed by atoms with Crippen molar-refractivity contribution in [2.75, 3.05) is 25.0 Å². The molecule has 2 heterocycles. The van der Waals surface area contributed by atoms with E-state index in [4.69, 9.17) is 4.74 Å². The summed E-state index contributed by atoms with van der Waals surface area (Å²) in [7, 11) is 1.49. The number of benzene rings is 2. The summed E-state index contributed by atoms with van der Waals surface area (Å²) < 4.78 is 45.9. The van der Waals surface area contributed by atoms with Crippen molar-refractivity contribution in [3.8, 4) is 6.07 Å². The molecule has 4 rings (SSSR count). The molecule has 0 aromatic heterocycles. The molecule has 0 radical (unpaired) electrons.